The molecule has 0 unspecified atom stereocenters. The third kappa shape index (κ3) is 2.98. The monoisotopic (exact) mass is 389 g/mol. The summed E-state index contributed by atoms with van der Waals surface area (Å²) in [6, 6.07) is 20.1. The highest BCUT2D eigenvalue weighted by Gasteiger charge is 2.20. The van der Waals surface area contributed by atoms with E-state index in [9.17, 15) is 4.39 Å². The zero-order valence-electron chi connectivity index (χ0n) is 16.1. The molecule has 28 heavy (non-hydrogen) atoms. The zero-order chi connectivity index (χ0) is 19.1. The molecule has 1 aromatic heterocycles. The lowest BCUT2D eigenvalue weighted by Gasteiger charge is -2.22. The van der Waals surface area contributed by atoms with Gasteiger partial charge in [0.05, 0.1) is 10.4 Å². The maximum absolute atomic E-state index is 13.3. The molecule has 3 heteroatoms. The molecule has 1 aliphatic rings. The normalized spacial score (nSPS) is 15.4. The molecule has 3 aromatic carbocycles. The third-order valence-electron chi connectivity index (χ3n) is 6.15. The summed E-state index contributed by atoms with van der Waals surface area (Å²) in [5.41, 5.74) is 3.72. The molecule has 1 aliphatic carbocycles. The first-order valence-electron chi connectivity index (χ1n) is 10.2. The predicted molar refractivity (Wildman–Crippen MR) is 120 cm³/mol. The van der Waals surface area contributed by atoms with Crippen molar-refractivity contribution >= 4 is 42.9 Å². The summed E-state index contributed by atoms with van der Waals surface area (Å²) in [7, 11) is 2.06. The van der Waals surface area contributed by atoms with Gasteiger partial charge in [-0.2, -0.15) is 0 Å². The molecule has 1 nitrogen and oxygen atoms in total. The van der Waals surface area contributed by atoms with Gasteiger partial charge >= 0.3 is 0 Å². The lowest BCUT2D eigenvalue weighted by molar-refractivity contribution is 0.446. The number of hydrogen-bond acceptors (Lipinski definition) is 2. The maximum atomic E-state index is 13.3. The van der Waals surface area contributed by atoms with Gasteiger partial charge in [-0.25, -0.2) is 4.39 Å². The smallest absolute Gasteiger partial charge is 0.123 e. The van der Waals surface area contributed by atoms with Crippen molar-refractivity contribution in [3.05, 3.63) is 72.0 Å². The second-order valence-corrected chi connectivity index (χ2v) is 8.87. The van der Waals surface area contributed by atoms with Gasteiger partial charge < -0.3 is 4.90 Å². The van der Waals surface area contributed by atoms with Crippen LogP contribution in [-0.2, 0) is 0 Å². The van der Waals surface area contributed by atoms with Crippen LogP contribution < -0.4 is 4.90 Å². The Morgan fingerprint density at radius 3 is 2.25 bits per heavy atom. The van der Waals surface area contributed by atoms with E-state index in [2.05, 4.69) is 48.3 Å². The van der Waals surface area contributed by atoms with Gasteiger partial charge in [-0.3, -0.25) is 0 Å². The lowest BCUT2D eigenvalue weighted by Crippen LogP contribution is -2.09. The zero-order valence-corrected chi connectivity index (χ0v) is 16.9. The van der Waals surface area contributed by atoms with Crippen LogP contribution in [0.1, 0.15) is 43.6 Å². The summed E-state index contributed by atoms with van der Waals surface area (Å²) < 4.78 is 16.1. The van der Waals surface area contributed by atoms with E-state index < -0.39 is 0 Å². The number of rotatable bonds is 3. The Balaban J connectivity index is 1.66. The standard InChI is InChI=1S/C25H24FNS/c1-27(19-15-13-18(26)14-16-19)23-12-6-11-22-21-10-5-9-20(24(21)28-25(22)23)17-7-3-2-4-8-17/h5-6,9-17H,2-4,7-8H2,1H3. The molecule has 1 heterocycles. The van der Waals surface area contributed by atoms with E-state index in [1.54, 1.807) is 0 Å². The summed E-state index contributed by atoms with van der Waals surface area (Å²) >= 11 is 1.92. The van der Waals surface area contributed by atoms with Gasteiger partial charge in [0.1, 0.15) is 5.82 Å². The number of anilines is 2. The van der Waals surface area contributed by atoms with Gasteiger partial charge in [0.2, 0.25) is 0 Å². The number of thiophene rings is 1. The summed E-state index contributed by atoms with van der Waals surface area (Å²) in [6.07, 6.45) is 6.71. The van der Waals surface area contributed by atoms with Crippen LogP contribution in [0.25, 0.3) is 20.2 Å². The van der Waals surface area contributed by atoms with Gasteiger partial charge in [-0.05, 0) is 54.7 Å². The molecule has 0 bridgehead atoms. The van der Waals surface area contributed by atoms with Crippen LogP contribution in [0.2, 0.25) is 0 Å². The average Bonchev–Trinajstić information content (AvgIpc) is 3.13. The number of fused-ring (bicyclic) bond motifs is 3. The van der Waals surface area contributed by atoms with Crippen molar-refractivity contribution in [2.45, 2.75) is 38.0 Å². The number of benzene rings is 3. The van der Waals surface area contributed by atoms with Crippen LogP contribution in [0.5, 0.6) is 0 Å². The van der Waals surface area contributed by atoms with Gasteiger partial charge in [-0.1, -0.05) is 49.6 Å². The average molecular weight is 390 g/mol. The van der Waals surface area contributed by atoms with Gasteiger partial charge in [0.25, 0.3) is 0 Å². The minimum Gasteiger partial charge on any atom is -0.343 e. The van der Waals surface area contributed by atoms with E-state index in [4.69, 9.17) is 0 Å². The van der Waals surface area contributed by atoms with E-state index in [0.717, 1.165) is 5.69 Å². The summed E-state index contributed by atoms with van der Waals surface area (Å²) in [6.45, 7) is 0. The first-order chi connectivity index (χ1) is 13.7. The Morgan fingerprint density at radius 2 is 1.50 bits per heavy atom. The van der Waals surface area contributed by atoms with Crippen molar-refractivity contribution in [2.75, 3.05) is 11.9 Å². The van der Waals surface area contributed by atoms with Crippen LogP contribution in [0, 0.1) is 5.82 Å². The van der Waals surface area contributed by atoms with E-state index in [1.165, 1.54) is 75.7 Å². The highest BCUT2D eigenvalue weighted by molar-refractivity contribution is 7.26. The SMILES string of the molecule is CN(c1ccc(F)cc1)c1cccc2c1sc1c(C3CCCCC3)cccc12. The van der Waals surface area contributed by atoms with Gasteiger partial charge in [0, 0.05) is 28.2 Å². The second-order valence-electron chi connectivity index (χ2n) is 7.85. The Morgan fingerprint density at radius 1 is 0.821 bits per heavy atom. The Kier molecular flexibility index (Phi) is 4.56. The van der Waals surface area contributed by atoms with Crippen molar-refractivity contribution < 1.29 is 4.39 Å². The highest BCUT2D eigenvalue weighted by atomic mass is 32.1. The van der Waals surface area contributed by atoms with Crippen LogP contribution >= 0.6 is 11.3 Å². The largest absolute Gasteiger partial charge is 0.343 e. The molecule has 0 saturated heterocycles. The molecule has 0 aliphatic heterocycles. The lowest BCUT2D eigenvalue weighted by atomic mass is 9.84. The fraction of sp³-hybridized carbons (Fsp3) is 0.280. The minimum absolute atomic E-state index is 0.200. The molecule has 0 spiro atoms. The Bertz CT molecular complexity index is 1120. The number of halogens is 1. The summed E-state index contributed by atoms with van der Waals surface area (Å²) in [4.78, 5) is 2.16. The van der Waals surface area contributed by atoms with E-state index in [-0.39, 0.29) is 5.82 Å². The minimum atomic E-state index is -0.200. The van der Waals surface area contributed by atoms with Crippen LogP contribution in [-0.4, -0.2) is 7.05 Å². The highest BCUT2D eigenvalue weighted by Crippen LogP contribution is 2.45. The van der Waals surface area contributed by atoms with Gasteiger partial charge in [-0.15, -0.1) is 11.3 Å². The predicted octanol–water partition coefficient (Wildman–Crippen LogP) is 8.01. The molecule has 0 radical (unpaired) electrons. The van der Waals surface area contributed by atoms with Crippen molar-refractivity contribution in [1.82, 2.24) is 0 Å². The van der Waals surface area contributed by atoms with Crippen LogP contribution in [0.4, 0.5) is 15.8 Å². The van der Waals surface area contributed by atoms with E-state index in [0.29, 0.717) is 5.92 Å². The molecular weight excluding hydrogens is 365 g/mol. The quantitative estimate of drug-likeness (QED) is 0.343. The Hall–Kier alpha value is -2.39. The maximum Gasteiger partial charge on any atom is 0.123 e. The molecule has 4 aromatic rings. The number of nitrogens with zero attached hydrogens (tertiary/aromatic N) is 1. The summed E-state index contributed by atoms with van der Waals surface area (Å²) in [5.74, 6) is 0.498. The van der Waals surface area contributed by atoms with E-state index >= 15 is 0 Å². The van der Waals surface area contributed by atoms with Crippen LogP contribution in [0.15, 0.2) is 60.7 Å². The summed E-state index contributed by atoms with van der Waals surface area (Å²) in [5, 5.41) is 2.70. The first kappa shape index (κ1) is 17.7. The molecule has 0 N–H and O–H groups in total. The van der Waals surface area contributed by atoms with E-state index in [1.807, 2.05) is 23.5 Å². The molecule has 142 valence electrons. The van der Waals surface area contributed by atoms with Crippen molar-refractivity contribution in [1.29, 1.82) is 0 Å². The molecule has 1 saturated carbocycles. The Labute approximate surface area is 169 Å². The third-order valence-corrected chi connectivity index (χ3v) is 7.45. The fourth-order valence-electron chi connectivity index (χ4n) is 4.63. The van der Waals surface area contributed by atoms with Gasteiger partial charge in [0.15, 0.2) is 0 Å². The fourth-order valence-corrected chi connectivity index (χ4v) is 6.07. The topological polar surface area (TPSA) is 3.24 Å². The van der Waals surface area contributed by atoms with Crippen molar-refractivity contribution in [3.63, 3.8) is 0 Å². The molecule has 5 rings (SSSR count). The molecule has 1 fully saturated rings. The molecule has 0 amide bonds. The van der Waals surface area contributed by atoms with Crippen molar-refractivity contribution in [2.24, 2.45) is 0 Å². The number of hydrogen-bond donors (Lipinski definition) is 0. The van der Waals surface area contributed by atoms with Crippen molar-refractivity contribution in [3.8, 4) is 0 Å². The van der Waals surface area contributed by atoms with Crippen LogP contribution in [0.3, 0.4) is 0 Å². The molecular formula is C25H24FNS. The molecule has 0 atom stereocenters. The second kappa shape index (κ2) is 7.21. The first-order valence-corrected chi connectivity index (χ1v) is 11.0.